The third-order valence-electron chi connectivity index (χ3n) is 2.61. The van der Waals surface area contributed by atoms with Gasteiger partial charge in [-0.2, -0.15) is 0 Å². The van der Waals surface area contributed by atoms with Crippen LogP contribution >= 0.6 is 15.9 Å². The molecule has 0 aromatic heterocycles. The van der Waals surface area contributed by atoms with Gasteiger partial charge in [-0.05, 0) is 24.1 Å². The largest absolute Gasteiger partial charge is 0.323 e. The van der Waals surface area contributed by atoms with Gasteiger partial charge in [0.2, 0.25) is 0 Å². The summed E-state index contributed by atoms with van der Waals surface area (Å²) in [5, 5.41) is -0.520. The Labute approximate surface area is 105 Å². The van der Waals surface area contributed by atoms with E-state index in [0.29, 0.717) is 6.42 Å². The minimum absolute atomic E-state index is 0.465. The molecule has 16 heavy (non-hydrogen) atoms. The lowest BCUT2D eigenvalue weighted by atomic mass is 10.0. The summed E-state index contributed by atoms with van der Waals surface area (Å²) in [4.78, 5) is 0. The van der Waals surface area contributed by atoms with E-state index in [0.717, 1.165) is 10.0 Å². The predicted molar refractivity (Wildman–Crippen MR) is 70.0 cm³/mol. The van der Waals surface area contributed by atoms with Crippen molar-refractivity contribution in [1.29, 1.82) is 0 Å². The second kappa shape index (κ2) is 5.29. The maximum absolute atomic E-state index is 11.6. The Balaban J connectivity index is 3.00. The minimum atomic E-state index is -3.11. The van der Waals surface area contributed by atoms with Crippen LogP contribution in [0.5, 0.6) is 0 Å². The number of hydrogen-bond donors (Lipinski definition) is 1. The van der Waals surface area contributed by atoms with Crippen molar-refractivity contribution in [1.82, 2.24) is 0 Å². The van der Waals surface area contributed by atoms with Crippen LogP contribution in [0.2, 0.25) is 0 Å². The number of sulfone groups is 1. The molecule has 1 aromatic carbocycles. The van der Waals surface area contributed by atoms with Crippen LogP contribution in [0.1, 0.15) is 24.9 Å². The molecule has 1 aromatic rings. The molecule has 1 rings (SSSR count). The van der Waals surface area contributed by atoms with Crippen molar-refractivity contribution in [3.8, 4) is 0 Å². The van der Waals surface area contributed by atoms with Crippen LogP contribution in [0.15, 0.2) is 28.7 Å². The lowest BCUT2D eigenvalue weighted by Crippen LogP contribution is -2.32. The van der Waals surface area contributed by atoms with Gasteiger partial charge in [-0.1, -0.05) is 35.0 Å². The molecule has 3 nitrogen and oxygen atoms in total. The Morgan fingerprint density at radius 1 is 1.31 bits per heavy atom. The summed E-state index contributed by atoms with van der Waals surface area (Å²) in [5.41, 5.74) is 6.84. The Kier molecular flexibility index (Phi) is 4.52. The molecule has 0 aliphatic carbocycles. The minimum Gasteiger partial charge on any atom is -0.323 e. The number of hydrogen-bond acceptors (Lipinski definition) is 3. The van der Waals surface area contributed by atoms with Gasteiger partial charge in [0, 0.05) is 16.8 Å². The van der Waals surface area contributed by atoms with E-state index in [1.165, 1.54) is 6.26 Å². The van der Waals surface area contributed by atoms with Gasteiger partial charge < -0.3 is 5.73 Å². The van der Waals surface area contributed by atoms with E-state index in [1.54, 1.807) is 0 Å². The Morgan fingerprint density at radius 2 is 1.81 bits per heavy atom. The summed E-state index contributed by atoms with van der Waals surface area (Å²) < 4.78 is 24.1. The average Bonchev–Trinajstić information content (AvgIpc) is 2.17. The summed E-state index contributed by atoms with van der Waals surface area (Å²) in [5.74, 6) is 0. The first kappa shape index (κ1) is 13.7. The first-order valence-corrected chi connectivity index (χ1v) is 7.81. The Morgan fingerprint density at radius 3 is 2.19 bits per heavy atom. The SMILES string of the molecule is CCC(C(N)c1ccc(Br)cc1)S(C)(=O)=O. The molecule has 0 bridgehead atoms. The fraction of sp³-hybridized carbons (Fsp3) is 0.455. The Bertz CT molecular complexity index is 442. The lowest BCUT2D eigenvalue weighted by molar-refractivity contribution is 0.553. The van der Waals surface area contributed by atoms with Gasteiger partial charge in [0.1, 0.15) is 0 Å². The van der Waals surface area contributed by atoms with Crippen LogP contribution in [0.4, 0.5) is 0 Å². The molecule has 0 spiro atoms. The van der Waals surface area contributed by atoms with Crippen LogP contribution in [-0.2, 0) is 9.84 Å². The first-order chi connectivity index (χ1) is 7.36. The second-order valence-corrected chi connectivity index (χ2v) is 7.03. The van der Waals surface area contributed by atoms with Gasteiger partial charge in [-0.3, -0.25) is 0 Å². The van der Waals surface area contributed by atoms with Crippen molar-refractivity contribution in [2.75, 3.05) is 6.26 Å². The van der Waals surface area contributed by atoms with Gasteiger partial charge in [0.05, 0.1) is 5.25 Å². The molecule has 5 heteroatoms. The van der Waals surface area contributed by atoms with Crippen molar-refractivity contribution >= 4 is 25.8 Å². The first-order valence-electron chi connectivity index (χ1n) is 5.06. The van der Waals surface area contributed by atoms with Crippen molar-refractivity contribution in [3.63, 3.8) is 0 Å². The monoisotopic (exact) mass is 305 g/mol. The highest BCUT2D eigenvalue weighted by atomic mass is 79.9. The van der Waals surface area contributed by atoms with Gasteiger partial charge in [-0.15, -0.1) is 0 Å². The van der Waals surface area contributed by atoms with Crippen LogP contribution in [0.3, 0.4) is 0 Å². The van der Waals surface area contributed by atoms with Crippen molar-refractivity contribution < 1.29 is 8.42 Å². The number of nitrogens with two attached hydrogens (primary N) is 1. The average molecular weight is 306 g/mol. The van der Waals surface area contributed by atoms with Gasteiger partial charge in [0.15, 0.2) is 9.84 Å². The normalized spacial score (nSPS) is 15.8. The molecule has 90 valence electrons. The second-order valence-electron chi connectivity index (χ2n) is 3.85. The molecule has 0 saturated heterocycles. The van der Waals surface area contributed by atoms with Crippen LogP contribution in [0.25, 0.3) is 0 Å². The number of rotatable bonds is 4. The van der Waals surface area contributed by atoms with Crippen molar-refractivity contribution in [2.24, 2.45) is 5.73 Å². The molecule has 2 N–H and O–H groups in total. The van der Waals surface area contributed by atoms with Crippen molar-refractivity contribution in [2.45, 2.75) is 24.6 Å². The molecule has 0 heterocycles. The van der Waals surface area contributed by atoms with E-state index < -0.39 is 21.1 Å². The fourth-order valence-corrected chi connectivity index (χ4v) is 3.28. The van der Waals surface area contributed by atoms with Crippen LogP contribution in [0, 0.1) is 0 Å². The summed E-state index contributed by atoms with van der Waals surface area (Å²) in [6.45, 7) is 1.84. The van der Waals surface area contributed by atoms with E-state index in [-0.39, 0.29) is 0 Å². The fourth-order valence-electron chi connectivity index (χ4n) is 1.72. The molecule has 0 radical (unpaired) electrons. The molecule has 2 unspecified atom stereocenters. The third kappa shape index (κ3) is 3.30. The quantitative estimate of drug-likeness (QED) is 0.928. The summed E-state index contributed by atoms with van der Waals surface area (Å²) in [6, 6.07) is 6.97. The van der Waals surface area contributed by atoms with Gasteiger partial charge in [0.25, 0.3) is 0 Å². The van der Waals surface area contributed by atoms with E-state index >= 15 is 0 Å². The highest BCUT2D eigenvalue weighted by Crippen LogP contribution is 2.23. The molecule has 0 aliphatic rings. The zero-order chi connectivity index (χ0) is 12.3. The summed E-state index contributed by atoms with van der Waals surface area (Å²) in [6.07, 6.45) is 1.76. The topological polar surface area (TPSA) is 60.2 Å². The molecule has 0 fully saturated rings. The van der Waals surface area contributed by atoms with E-state index in [9.17, 15) is 8.42 Å². The van der Waals surface area contributed by atoms with Crippen LogP contribution < -0.4 is 5.73 Å². The molecule has 0 aliphatic heterocycles. The smallest absolute Gasteiger partial charge is 0.152 e. The lowest BCUT2D eigenvalue weighted by Gasteiger charge is -2.21. The molecule has 2 atom stereocenters. The summed E-state index contributed by atoms with van der Waals surface area (Å²) >= 11 is 3.33. The van der Waals surface area contributed by atoms with Crippen LogP contribution in [-0.4, -0.2) is 19.9 Å². The van der Waals surface area contributed by atoms with E-state index in [2.05, 4.69) is 15.9 Å². The van der Waals surface area contributed by atoms with E-state index in [4.69, 9.17) is 5.73 Å². The van der Waals surface area contributed by atoms with E-state index in [1.807, 2.05) is 31.2 Å². The Hall–Kier alpha value is -0.390. The molecule has 0 amide bonds. The third-order valence-corrected chi connectivity index (χ3v) is 4.86. The number of halogens is 1. The molecule has 0 saturated carbocycles. The summed E-state index contributed by atoms with van der Waals surface area (Å²) in [7, 11) is -3.11. The maximum atomic E-state index is 11.6. The maximum Gasteiger partial charge on any atom is 0.152 e. The molecular weight excluding hydrogens is 290 g/mol. The molecular formula is C11H16BrNO2S. The standard InChI is InChI=1S/C11H16BrNO2S/c1-3-10(16(2,14)15)11(13)8-4-6-9(12)7-5-8/h4-7,10-11H,3,13H2,1-2H3. The van der Waals surface area contributed by atoms with Gasteiger partial charge >= 0.3 is 0 Å². The zero-order valence-electron chi connectivity index (χ0n) is 9.35. The highest BCUT2D eigenvalue weighted by Gasteiger charge is 2.26. The van der Waals surface area contributed by atoms with Gasteiger partial charge in [-0.25, -0.2) is 8.42 Å². The number of benzene rings is 1. The highest BCUT2D eigenvalue weighted by molar-refractivity contribution is 9.10. The zero-order valence-corrected chi connectivity index (χ0v) is 11.8. The van der Waals surface area contributed by atoms with Crippen molar-refractivity contribution in [3.05, 3.63) is 34.3 Å². The predicted octanol–water partition coefficient (Wildman–Crippen LogP) is 2.27.